The zero-order chi connectivity index (χ0) is 22.7. The number of amides is 3. The molecule has 32 heavy (non-hydrogen) atoms. The number of nitrogens with one attached hydrogen (secondary N) is 1. The van der Waals surface area contributed by atoms with Crippen LogP contribution in [0.4, 0.5) is 0 Å². The van der Waals surface area contributed by atoms with Crippen LogP contribution in [0.1, 0.15) is 52.6 Å². The summed E-state index contributed by atoms with van der Waals surface area (Å²) in [7, 11) is 1.31. The van der Waals surface area contributed by atoms with Crippen molar-refractivity contribution in [3.8, 4) is 0 Å². The molecule has 1 aliphatic rings. The van der Waals surface area contributed by atoms with Crippen molar-refractivity contribution >= 4 is 23.7 Å². The topological polar surface area (TPSA) is 92.8 Å². The number of carbonyl (C=O) groups excluding carboxylic acids is 4. The summed E-state index contributed by atoms with van der Waals surface area (Å²) in [5.74, 6) is -1.58. The third kappa shape index (κ3) is 4.13. The van der Waals surface area contributed by atoms with Crippen LogP contribution in [0.25, 0.3) is 0 Å². The van der Waals surface area contributed by atoms with E-state index in [4.69, 9.17) is 0 Å². The van der Waals surface area contributed by atoms with E-state index in [-0.39, 0.29) is 36.0 Å². The molecule has 3 aromatic rings. The second-order valence-electron chi connectivity index (χ2n) is 7.31. The highest BCUT2D eigenvalue weighted by Gasteiger charge is 2.35. The molecule has 0 fully saturated rings. The Morgan fingerprint density at radius 1 is 0.812 bits per heavy atom. The first kappa shape index (κ1) is 21.0. The van der Waals surface area contributed by atoms with E-state index in [1.807, 2.05) is 30.3 Å². The molecule has 0 aliphatic carbocycles. The number of imide groups is 1. The van der Waals surface area contributed by atoms with Crippen molar-refractivity contribution in [3.05, 3.63) is 106 Å². The predicted octanol–water partition coefficient (Wildman–Crippen LogP) is 3.20. The van der Waals surface area contributed by atoms with E-state index < -0.39 is 11.9 Å². The van der Waals surface area contributed by atoms with Crippen LogP contribution in [0.2, 0.25) is 0 Å². The summed E-state index contributed by atoms with van der Waals surface area (Å²) in [6, 6.07) is 20.4. The molecule has 0 unspecified atom stereocenters. The monoisotopic (exact) mass is 428 g/mol. The maximum Gasteiger partial charge on any atom is 0.337 e. The Labute approximate surface area is 184 Å². The summed E-state index contributed by atoms with van der Waals surface area (Å²) in [6.07, 6.45) is 0. The van der Waals surface area contributed by atoms with Gasteiger partial charge in [-0.3, -0.25) is 19.3 Å². The van der Waals surface area contributed by atoms with E-state index in [2.05, 4.69) is 10.1 Å². The van der Waals surface area contributed by atoms with Crippen molar-refractivity contribution in [3.63, 3.8) is 0 Å². The standard InChI is InChI=1S/C25H20N2O5/c1-32-25(31)18-9-7-16(8-10-18)14-26-22(28)19-11-12-20-21(13-19)24(30)27(23(20)29)15-17-5-3-2-4-6-17/h2-13H,14-15H2,1H3,(H,26,28). The molecule has 4 rings (SSSR count). The van der Waals surface area contributed by atoms with E-state index in [1.54, 1.807) is 24.3 Å². The average molecular weight is 428 g/mol. The molecule has 7 heteroatoms. The minimum atomic E-state index is -0.431. The van der Waals surface area contributed by atoms with Crippen molar-refractivity contribution in [1.82, 2.24) is 10.2 Å². The fourth-order valence-corrected chi connectivity index (χ4v) is 3.50. The van der Waals surface area contributed by atoms with Gasteiger partial charge in [-0.1, -0.05) is 42.5 Å². The molecular formula is C25H20N2O5. The van der Waals surface area contributed by atoms with Crippen LogP contribution in [0.3, 0.4) is 0 Å². The first-order valence-corrected chi connectivity index (χ1v) is 9.97. The second-order valence-corrected chi connectivity index (χ2v) is 7.31. The van der Waals surface area contributed by atoms with Gasteiger partial charge in [-0.25, -0.2) is 4.79 Å². The van der Waals surface area contributed by atoms with Gasteiger partial charge >= 0.3 is 5.97 Å². The maximum atomic E-state index is 12.8. The van der Waals surface area contributed by atoms with Gasteiger partial charge in [-0.05, 0) is 41.5 Å². The lowest BCUT2D eigenvalue weighted by molar-refractivity contribution is 0.0597. The highest BCUT2D eigenvalue weighted by molar-refractivity contribution is 6.22. The first-order valence-electron chi connectivity index (χ1n) is 9.97. The van der Waals surface area contributed by atoms with Crippen molar-refractivity contribution < 1.29 is 23.9 Å². The number of ether oxygens (including phenoxy) is 1. The van der Waals surface area contributed by atoms with Gasteiger partial charge in [0.1, 0.15) is 0 Å². The Morgan fingerprint density at radius 3 is 2.16 bits per heavy atom. The lowest BCUT2D eigenvalue weighted by atomic mass is 10.1. The number of hydrogen-bond acceptors (Lipinski definition) is 5. The number of fused-ring (bicyclic) bond motifs is 1. The molecule has 1 N–H and O–H groups in total. The third-order valence-electron chi connectivity index (χ3n) is 5.24. The molecule has 7 nitrogen and oxygen atoms in total. The summed E-state index contributed by atoms with van der Waals surface area (Å²) in [4.78, 5) is 50.8. The van der Waals surface area contributed by atoms with Crippen molar-refractivity contribution in [2.24, 2.45) is 0 Å². The molecule has 0 spiro atoms. The van der Waals surface area contributed by atoms with Crippen LogP contribution in [0.5, 0.6) is 0 Å². The van der Waals surface area contributed by atoms with E-state index in [0.717, 1.165) is 11.1 Å². The lowest BCUT2D eigenvalue weighted by Gasteiger charge is -2.13. The van der Waals surface area contributed by atoms with E-state index >= 15 is 0 Å². The zero-order valence-corrected chi connectivity index (χ0v) is 17.3. The van der Waals surface area contributed by atoms with Crippen LogP contribution >= 0.6 is 0 Å². The quantitative estimate of drug-likeness (QED) is 0.481. The number of benzene rings is 3. The van der Waals surface area contributed by atoms with Gasteiger partial charge in [0.05, 0.1) is 30.3 Å². The number of hydrogen-bond donors (Lipinski definition) is 1. The van der Waals surface area contributed by atoms with Gasteiger partial charge in [0, 0.05) is 12.1 Å². The Morgan fingerprint density at radius 2 is 1.47 bits per heavy atom. The fraction of sp³-hybridized carbons (Fsp3) is 0.120. The minimum absolute atomic E-state index is 0.177. The highest BCUT2D eigenvalue weighted by Crippen LogP contribution is 2.25. The second kappa shape index (κ2) is 8.85. The number of methoxy groups -OCH3 is 1. The third-order valence-corrected chi connectivity index (χ3v) is 5.24. The zero-order valence-electron chi connectivity index (χ0n) is 17.3. The Kier molecular flexibility index (Phi) is 5.81. The smallest absolute Gasteiger partial charge is 0.337 e. The van der Waals surface area contributed by atoms with Gasteiger partial charge in [-0.15, -0.1) is 0 Å². The fourth-order valence-electron chi connectivity index (χ4n) is 3.50. The molecular weight excluding hydrogens is 408 g/mol. The summed E-state index contributed by atoms with van der Waals surface area (Å²) in [6.45, 7) is 0.417. The van der Waals surface area contributed by atoms with Crippen LogP contribution in [0.15, 0.2) is 72.8 Å². The molecule has 0 aromatic heterocycles. The molecule has 160 valence electrons. The first-order chi connectivity index (χ1) is 15.5. The maximum absolute atomic E-state index is 12.8. The van der Waals surface area contributed by atoms with E-state index in [1.165, 1.54) is 30.2 Å². The van der Waals surface area contributed by atoms with Crippen LogP contribution in [-0.4, -0.2) is 35.7 Å². The van der Waals surface area contributed by atoms with Crippen molar-refractivity contribution in [1.29, 1.82) is 0 Å². The molecule has 0 atom stereocenters. The van der Waals surface area contributed by atoms with Gasteiger partial charge in [0.15, 0.2) is 0 Å². The van der Waals surface area contributed by atoms with E-state index in [9.17, 15) is 19.2 Å². The Hall–Kier alpha value is -4.26. The number of nitrogens with zero attached hydrogens (tertiary/aromatic N) is 1. The lowest BCUT2D eigenvalue weighted by Crippen LogP contribution is -2.29. The van der Waals surface area contributed by atoms with Gasteiger partial charge in [-0.2, -0.15) is 0 Å². The number of carbonyl (C=O) groups is 4. The van der Waals surface area contributed by atoms with Gasteiger partial charge in [0.25, 0.3) is 17.7 Å². The van der Waals surface area contributed by atoms with Crippen LogP contribution < -0.4 is 5.32 Å². The Balaban J connectivity index is 1.44. The SMILES string of the molecule is COC(=O)c1ccc(CNC(=O)c2ccc3c(c2)C(=O)N(Cc2ccccc2)C3=O)cc1. The molecule has 3 amide bonds. The van der Waals surface area contributed by atoms with Crippen LogP contribution in [-0.2, 0) is 17.8 Å². The van der Waals surface area contributed by atoms with E-state index in [0.29, 0.717) is 11.1 Å². The summed E-state index contributed by atoms with van der Waals surface area (Å²) >= 11 is 0. The Bertz CT molecular complexity index is 1200. The molecule has 0 saturated carbocycles. The van der Waals surface area contributed by atoms with Gasteiger partial charge in [0.2, 0.25) is 0 Å². The largest absolute Gasteiger partial charge is 0.465 e. The predicted molar refractivity (Wildman–Crippen MR) is 116 cm³/mol. The summed E-state index contributed by atoms with van der Waals surface area (Å²) < 4.78 is 4.66. The highest BCUT2D eigenvalue weighted by atomic mass is 16.5. The molecule has 1 aliphatic heterocycles. The number of esters is 1. The minimum Gasteiger partial charge on any atom is -0.465 e. The molecule has 0 radical (unpaired) electrons. The molecule has 0 saturated heterocycles. The van der Waals surface area contributed by atoms with Crippen LogP contribution in [0, 0.1) is 0 Å². The number of rotatable bonds is 6. The molecule has 3 aromatic carbocycles. The summed E-state index contributed by atoms with van der Waals surface area (Å²) in [5, 5.41) is 2.78. The summed E-state index contributed by atoms with van der Waals surface area (Å²) in [5.41, 5.74) is 2.87. The van der Waals surface area contributed by atoms with Crippen molar-refractivity contribution in [2.75, 3.05) is 7.11 Å². The average Bonchev–Trinajstić information content (AvgIpc) is 3.07. The van der Waals surface area contributed by atoms with Gasteiger partial charge < -0.3 is 10.1 Å². The van der Waals surface area contributed by atoms with Crippen molar-refractivity contribution in [2.45, 2.75) is 13.1 Å². The molecule has 1 heterocycles. The molecule has 0 bridgehead atoms. The normalized spacial score (nSPS) is 12.5.